The molecule has 1 saturated heterocycles. The number of methoxy groups -OCH3 is 1. The van der Waals surface area contributed by atoms with Gasteiger partial charge in [-0.15, -0.1) is 0 Å². The molecular weight excluding hydrogens is 319 g/mol. The van der Waals surface area contributed by atoms with E-state index in [1.54, 1.807) is 13.2 Å². The summed E-state index contributed by atoms with van der Waals surface area (Å²) in [7, 11) is 1.61. The van der Waals surface area contributed by atoms with Crippen LogP contribution in [-0.2, 0) is 6.54 Å². The summed E-state index contributed by atoms with van der Waals surface area (Å²) < 4.78 is 19.1. The van der Waals surface area contributed by atoms with Crippen LogP contribution < -0.4 is 4.74 Å². The Morgan fingerprint density at radius 2 is 1.80 bits per heavy atom. The molecule has 0 unspecified atom stereocenters. The number of halogens is 1. The van der Waals surface area contributed by atoms with Crippen molar-refractivity contribution in [1.29, 1.82) is 0 Å². The van der Waals surface area contributed by atoms with Crippen molar-refractivity contribution in [3.05, 3.63) is 65.0 Å². The lowest BCUT2D eigenvalue weighted by Crippen LogP contribution is -2.48. The Morgan fingerprint density at radius 3 is 2.48 bits per heavy atom. The summed E-state index contributed by atoms with van der Waals surface area (Å²) in [5.41, 5.74) is 2.25. The summed E-state index contributed by atoms with van der Waals surface area (Å²) >= 11 is 0. The number of piperazine rings is 1. The average Bonchev–Trinajstić information content (AvgIpc) is 2.64. The Labute approximate surface area is 147 Å². The second-order valence-corrected chi connectivity index (χ2v) is 6.29. The van der Waals surface area contributed by atoms with Crippen LogP contribution in [0, 0.1) is 12.7 Å². The first-order valence-electron chi connectivity index (χ1n) is 8.49. The van der Waals surface area contributed by atoms with Crippen molar-refractivity contribution < 1.29 is 13.9 Å². The van der Waals surface area contributed by atoms with Crippen molar-refractivity contribution in [2.75, 3.05) is 33.3 Å². The number of benzene rings is 2. The van der Waals surface area contributed by atoms with Crippen LogP contribution in [0.15, 0.2) is 42.5 Å². The predicted molar refractivity (Wildman–Crippen MR) is 95.3 cm³/mol. The van der Waals surface area contributed by atoms with Crippen molar-refractivity contribution in [2.24, 2.45) is 0 Å². The number of rotatable bonds is 4. The fourth-order valence-electron chi connectivity index (χ4n) is 3.21. The molecule has 1 aliphatic heterocycles. The van der Waals surface area contributed by atoms with Crippen LogP contribution in [0.1, 0.15) is 21.5 Å². The van der Waals surface area contributed by atoms with Gasteiger partial charge in [-0.05, 0) is 25.1 Å². The van der Waals surface area contributed by atoms with Crippen molar-refractivity contribution in [3.63, 3.8) is 0 Å². The van der Waals surface area contributed by atoms with E-state index in [1.165, 1.54) is 6.07 Å². The van der Waals surface area contributed by atoms with Crippen molar-refractivity contribution in [1.82, 2.24) is 9.80 Å². The largest absolute Gasteiger partial charge is 0.496 e. The van der Waals surface area contributed by atoms with Gasteiger partial charge in [0.1, 0.15) is 11.6 Å². The first-order valence-corrected chi connectivity index (χ1v) is 8.49. The number of ether oxygens (including phenoxy) is 1. The second-order valence-electron chi connectivity index (χ2n) is 6.29. The van der Waals surface area contributed by atoms with Crippen molar-refractivity contribution in [2.45, 2.75) is 13.5 Å². The molecule has 0 N–H and O–H groups in total. The molecule has 5 heteroatoms. The van der Waals surface area contributed by atoms with Crippen LogP contribution >= 0.6 is 0 Å². The van der Waals surface area contributed by atoms with E-state index in [-0.39, 0.29) is 11.7 Å². The zero-order chi connectivity index (χ0) is 17.8. The highest BCUT2D eigenvalue weighted by atomic mass is 19.1. The smallest absolute Gasteiger partial charge is 0.254 e. The first kappa shape index (κ1) is 17.4. The zero-order valence-electron chi connectivity index (χ0n) is 14.7. The molecule has 2 aromatic rings. The number of hydrogen-bond acceptors (Lipinski definition) is 3. The summed E-state index contributed by atoms with van der Waals surface area (Å²) in [5.74, 6) is 0.582. The van der Waals surface area contributed by atoms with E-state index in [2.05, 4.69) is 4.90 Å². The molecule has 25 heavy (non-hydrogen) atoms. The molecule has 3 rings (SSSR count). The number of carbonyl (C=O) groups excluding carboxylic acids is 1. The Morgan fingerprint density at radius 1 is 1.08 bits per heavy atom. The van der Waals surface area contributed by atoms with E-state index in [0.29, 0.717) is 30.8 Å². The van der Waals surface area contributed by atoms with Gasteiger partial charge in [-0.2, -0.15) is 0 Å². The number of carbonyl (C=O) groups is 1. The molecule has 1 heterocycles. The maximum Gasteiger partial charge on any atom is 0.254 e. The molecule has 132 valence electrons. The third-order valence-electron chi connectivity index (χ3n) is 4.75. The van der Waals surface area contributed by atoms with Gasteiger partial charge in [-0.25, -0.2) is 4.39 Å². The van der Waals surface area contributed by atoms with E-state index in [9.17, 15) is 9.18 Å². The highest BCUT2D eigenvalue weighted by Crippen LogP contribution is 2.23. The fourth-order valence-corrected chi connectivity index (χ4v) is 3.21. The number of nitrogens with zero attached hydrogens (tertiary/aromatic N) is 2. The predicted octanol–water partition coefficient (Wildman–Crippen LogP) is 3.10. The lowest BCUT2D eigenvalue weighted by Gasteiger charge is -2.35. The summed E-state index contributed by atoms with van der Waals surface area (Å²) in [4.78, 5) is 16.8. The van der Waals surface area contributed by atoms with E-state index in [1.807, 2.05) is 42.2 Å². The zero-order valence-corrected chi connectivity index (χ0v) is 14.7. The molecule has 0 bridgehead atoms. The molecule has 0 atom stereocenters. The standard InChI is InChI=1S/C20H23FN2O2/c1-15-17(7-5-9-19(15)25-2)20(24)23-12-10-22(11-13-23)14-16-6-3-4-8-18(16)21/h3-9H,10-14H2,1-2H3. The van der Waals surface area contributed by atoms with Crippen LogP contribution in [-0.4, -0.2) is 49.0 Å². The van der Waals surface area contributed by atoms with Gasteiger partial charge in [0.25, 0.3) is 5.91 Å². The van der Waals surface area contributed by atoms with Crippen LogP contribution in [0.3, 0.4) is 0 Å². The maximum atomic E-state index is 13.8. The van der Waals surface area contributed by atoms with Gasteiger partial charge in [0, 0.05) is 49.4 Å². The molecule has 0 aliphatic carbocycles. The number of hydrogen-bond donors (Lipinski definition) is 0. The average molecular weight is 342 g/mol. The Balaban J connectivity index is 1.62. The lowest BCUT2D eigenvalue weighted by atomic mass is 10.1. The van der Waals surface area contributed by atoms with Gasteiger partial charge in [0.2, 0.25) is 0 Å². The first-order chi connectivity index (χ1) is 12.1. The molecular formula is C20H23FN2O2. The van der Waals surface area contributed by atoms with E-state index >= 15 is 0 Å². The second kappa shape index (κ2) is 7.66. The molecule has 2 aromatic carbocycles. The Hall–Kier alpha value is -2.40. The fraction of sp³-hybridized carbons (Fsp3) is 0.350. The molecule has 1 aliphatic rings. The summed E-state index contributed by atoms with van der Waals surface area (Å²) in [5, 5.41) is 0. The minimum atomic E-state index is -0.173. The summed E-state index contributed by atoms with van der Waals surface area (Å²) in [6.45, 7) is 5.24. The van der Waals surface area contributed by atoms with Crippen molar-refractivity contribution >= 4 is 5.91 Å². The monoisotopic (exact) mass is 342 g/mol. The molecule has 4 nitrogen and oxygen atoms in total. The van der Waals surface area contributed by atoms with Crippen LogP contribution in [0.2, 0.25) is 0 Å². The van der Waals surface area contributed by atoms with E-state index in [4.69, 9.17) is 4.74 Å². The van der Waals surface area contributed by atoms with E-state index in [0.717, 1.165) is 24.4 Å². The van der Waals surface area contributed by atoms with Gasteiger partial charge in [-0.3, -0.25) is 9.69 Å². The molecule has 1 fully saturated rings. The maximum absolute atomic E-state index is 13.8. The molecule has 0 spiro atoms. The topological polar surface area (TPSA) is 32.8 Å². The summed E-state index contributed by atoms with van der Waals surface area (Å²) in [6.07, 6.45) is 0. The van der Waals surface area contributed by atoms with Crippen LogP contribution in [0.5, 0.6) is 5.75 Å². The van der Waals surface area contributed by atoms with Gasteiger partial charge >= 0.3 is 0 Å². The minimum absolute atomic E-state index is 0.0296. The Kier molecular flexibility index (Phi) is 5.34. The normalized spacial score (nSPS) is 15.2. The highest BCUT2D eigenvalue weighted by Gasteiger charge is 2.24. The Bertz CT molecular complexity index is 755. The van der Waals surface area contributed by atoms with Crippen LogP contribution in [0.4, 0.5) is 4.39 Å². The van der Waals surface area contributed by atoms with Crippen molar-refractivity contribution in [3.8, 4) is 5.75 Å². The van der Waals surface area contributed by atoms with Gasteiger partial charge in [0.15, 0.2) is 0 Å². The van der Waals surface area contributed by atoms with Gasteiger partial charge in [-0.1, -0.05) is 24.3 Å². The molecule has 1 amide bonds. The number of amides is 1. The molecule has 0 aromatic heterocycles. The third kappa shape index (κ3) is 3.82. The minimum Gasteiger partial charge on any atom is -0.496 e. The molecule has 0 saturated carbocycles. The summed E-state index contributed by atoms with van der Waals surface area (Å²) in [6, 6.07) is 12.4. The van der Waals surface area contributed by atoms with E-state index < -0.39 is 0 Å². The highest BCUT2D eigenvalue weighted by molar-refractivity contribution is 5.96. The van der Waals surface area contributed by atoms with Gasteiger partial charge in [0.05, 0.1) is 7.11 Å². The lowest BCUT2D eigenvalue weighted by molar-refractivity contribution is 0.0626. The third-order valence-corrected chi connectivity index (χ3v) is 4.75. The SMILES string of the molecule is COc1cccc(C(=O)N2CCN(Cc3ccccc3F)CC2)c1C. The quantitative estimate of drug-likeness (QED) is 0.856. The molecule has 0 radical (unpaired) electrons. The van der Waals surface area contributed by atoms with Crippen LogP contribution in [0.25, 0.3) is 0 Å². The van der Waals surface area contributed by atoms with Gasteiger partial charge < -0.3 is 9.64 Å².